The number of ether oxygens (including phenoxy) is 2. The summed E-state index contributed by atoms with van der Waals surface area (Å²) in [6.45, 7) is 2.75. The zero-order chi connectivity index (χ0) is 23.3. The number of rotatable bonds is 7. The fourth-order valence-electron chi connectivity index (χ4n) is 3.19. The number of methoxy groups -OCH3 is 1. The summed E-state index contributed by atoms with van der Waals surface area (Å²) in [7, 11) is -1.69. The normalized spacial score (nSPS) is 15.1. The zero-order valence-electron chi connectivity index (χ0n) is 17.7. The van der Waals surface area contributed by atoms with Gasteiger partial charge in [0, 0.05) is 6.08 Å². The van der Waals surface area contributed by atoms with Crippen LogP contribution >= 0.6 is 0 Å². The van der Waals surface area contributed by atoms with E-state index in [0.29, 0.717) is 23.7 Å². The van der Waals surface area contributed by atoms with Crippen molar-refractivity contribution in [3.8, 4) is 11.5 Å². The molecule has 2 heterocycles. The maximum absolute atomic E-state index is 11.3. The van der Waals surface area contributed by atoms with Crippen LogP contribution < -0.4 is 4.74 Å². The van der Waals surface area contributed by atoms with Gasteiger partial charge in [-0.1, -0.05) is 25.1 Å². The lowest BCUT2D eigenvalue weighted by Gasteiger charge is -2.07. The number of sulfone groups is 1. The van der Waals surface area contributed by atoms with Gasteiger partial charge in [0.1, 0.15) is 27.7 Å². The number of carboxylic acids is 1. The van der Waals surface area contributed by atoms with Crippen molar-refractivity contribution in [2.75, 3.05) is 13.7 Å². The zero-order valence-corrected chi connectivity index (χ0v) is 18.6. The number of phenols is 1. The topological polar surface area (TPSA) is 110 Å². The second kappa shape index (κ2) is 9.74. The molecule has 4 rings (SSSR count). The molecule has 2 aromatic carbocycles. The number of carboxylic acid groups (broad SMARTS) is 1. The van der Waals surface area contributed by atoms with Gasteiger partial charge in [-0.2, -0.15) is 0 Å². The molecule has 0 spiro atoms. The third-order valence-corrected chi connectivity index (χ3v) is 6.62. The van der Waals surface area contributed by atoms with E-state index in [2.05, 4.69) is 6.92 Å². The summed E-state index contributed by atoms with van der Waals surface area (Å²) in [5.74, 6) is -0.0627. The van der Waals surface area contributed by atoms with E-state index in [1.54, 1.807) is 18.2 Å². The van der Waals surface area contributed by atoms with Crippen molar-refractivity contribution in [2.45, 2.75) is 19.8 Å². The Balaban J connectivity index is 0.000000219. The number of carbonyl (C=O) groups is 1. The maximum atomic E-state index is 11.3. The summed E-state index contributed by atoms with van der Waals surface area (Å²) in [5.41, 5.74) is 1.82. The molecule has 0 atom stereocenters. The minimum atomic E-state index is -3.15. The van der Waals surface area contributed by atoms with Crippen LogP contribution in [0.2, 0.25) is 0 Å². The van der Waals surface area contributed by atoms with Gasteiger partial charge in [0.15, 0.2) is 0 Å². The van der Waals surface area contributed by atoms with Gasteiger partial charge in [0.05, 0.1) is 18.6 Å². The van der Waals surface area contributed by atoms with Gasteiger partial charge in [0.25, 0.3) is 0 Å². The van der Waals surface area contributed by atoms with Gasteiger partial charge in [-0.05, 0) is 60.4 Å². The quantitative estimate of drug-likeness (QED) is 0.643. The highest BCUT2D eigenvalue weighted by molar-refractivity contribution is 8.00. The van der Waals surface area contributed by atoms with Gasteiger partial charge >= 0.3 is 5.97 Å². The Morgan fingerprint density at radius 1 is 1.03 bits per heavy atom. The number of hydrogen-bond acceptors (Lipinski definition) is 6. The fourth-order valence-corrected chi connectivity index (χ4v) is 4.61. The van der Waals surface area contributed by atoms with E-state index in [-0.39, 0.29) is 16.2 Å². The highest BCUT2D eigenvalue weighted by atomic mass is 32.2. The first kappa shape index (κ1) is 23.1. The second-order valence-electron chi connectivity index (χ2n) is 7.14. The second-order valence-corrected chi connectivity index (χ2v) is 9.06. The van der Waals surface area contributed by atoms with E-state index in [0.717, 1.165) is 23.3 Å². The van der Waals surface area contributed by atoms with Crippen molar-refractivity contribution < 1.29 is 32.9 Å². The molecule has 2 aromatic rings. The molecular formula is C24H24O7S. The molecule has 0 saturated carbocycles. The molecule has 0 radical (unpaired) electrons. The molecular weight excluding hydrogens is 432 g/mol. The Labute approximate surface area is 186 Å². The summed E-state index contributed by atoms with van der Waals surface area (Å²) in [6, 6.07) is 12.4. The fraction of sp³-hybridized carbons (Fsp3) is 0.208. The molecule has 0 saturated heterocycles. The van der Waals surface area contributed by atoms with Gasteiger partial charge in [-0.3, -0.25) is 0 Å². The number of fused-ring (bicyclic) bond motifs is 2. The van der Waals surface area contributed by atoms with Crippen LogP contribution in [0.1, 0.15) is 34.8 Å². The molecule has 0 aliphatic carbocycles. The highest BCUT2D eigenvalue weighted by Crippen LogP contribution is 2.37. The van der Waals surface area contributed by atoms with Gasteiger partial charge in [-0.15, -0.1) is 0 Å². The highest BCUT2D eigenvalue weighted by Gasteiger charge is 2.34. The Morgan fingerprint density at radius 3 is 2.22 bits per heavy atom. The third-order valence-electron chi connectivity index (χ3n) is 4.83. The summed E-state index contributed by atoms with van der Waals surface area (Å²) < 4.78 is 32.9. The number of hydrogen-bond donors (Lipinski definition) is 2. The third kappa shape index (κ3) is 5.03. The standard InChI is InChI=1S/C17H18O4.C7H6O3S/c1-2-9-21-14-6-3-12(4-7-14)10-13-5-8-16(18)15(11-13)17(19)20;1-10-6-4-5-2-3-7(6)11(5,8)9/h3-8,11,18H,2,9-10H2,1H3,(H,19,20);2-4H,1H3. The van der Waals surface area contributed by atoms with Crippen LogP contribution in [0.4, 0.5) is 0 Å². The van der Waals surface area contributed by atoms with Crippen molar-refractivity contribution in [3.05, 3.63) is 93.0 Å². The van der Waals surface area contributed by atoms with E-state index in [1.165, 1.54) is 25.3 Å². The molecule has 2 aliphatic heterocycles. The van der Waals surface area contributed by atoms with E-state index in [9.17, 15) is 18.3 Å². The molecule has 2 N–H and O–H groups in total. The molecule has 8 heteroatoms. The van der Waals surface area contributed by atoms with E-state index in [1.807, 2.05) is 24.3 Å². The average molecular weight is 457 g/mol. The van der Waals surface area contributed by atoms with E-state index in [4.69, 9.17) is 14.6 Å². The number of benzene rings is 2. The molecule has 7 nitrogen and oxygen atoms in total. The SMILES string of the molecule is CCCOc1ccc(Cc2ccc(O)c(C(=O)O)c2)cc1.COC1=C2C=CC(=C1)S2(=O)=O. The maximum Gasteiger partial charge on any atom is 0.339 e. The summed E-state index contributed by atoms with van der Waals surface area (Å²) in [5, 5.41) is 18.5. The van der Waals surface area contributed by atoms with Gasteiger partial charge in [0.2, 0.25) is 9.84 Å². The number of aromatic hydroxyl groups is 1. The molecule has 32 heavy (non-hydrogen) atoms. The first-order valence-corrected chi connectivity index (χ1v) is 11.4. The molecule has 2 aliphatic rings. The molecule has 0 amide bonds. The van der Waals surface area contributed by atoms with Gasteiger partial charge in [-0.25, -0.2) is 13.2 Å². The minimum Gasteiger partial charge on any atom is -0.507 e. The van der Waals surface area contributed by atoms with Crippen molar-refractivity contribution in [3.63, 3.8) is 0 Å². The van der Waals surface area contributed by atoms with Crippen LogP contribution in [0.3, 0.4) is 0 Å². The van der Waals surface area contributed by atoms with Crippen LogP contribution in [0, 0.1) is 0 Å². The Kier molecular flexibility index (Phi) is 7.05. The number of aromatic carboxylic acids is 1. The Bertz CT molecular complexity index is 1200. The van der Waals surface area contributed by atoms with Crippen LogP contribution in [-0.4, -0.2) is 38.3 Å². The minimum absolute atomic E-state index is 0.0737. The lowest BCUT2D eigenvalue weighted by Crippen LogP contribution is -1.99. The predicted octanol–water partition coefficient (Wildman–Crippen LogP) is 4.20. The Hall–Kier alpha value is -3.52. The summed E-state index contributed by atoms with van der Waals surface area (Å²) >= 11 is 0. The van der Waals surface area contributed by atoms with Crippen LogP contribution in [0.25, 0.3) is 0 Å². The lowest BCUT2D eigenvalue weighted by atomic mass is 10.0. The van der Waals surface area contributed by atoms with Crippen LogP contribution in [0.5, 0.6) is 11.5 Å². The van der Waals surface area contributed by atoms with Crippen molar-refractivity contribution in [2.24, 2.45) is 0 Å². The predicted molar refractivity (Wildman–Crippen MR) is 120 cm³/mol. The van der Waals surface area contributed by atoms with Gasteiger partial charge < -0.3 is 19.7 Å². The van der Waals surface area contributed by atoms with Crippen molar-refractivity contribution in [1.82, 2.24) is 0 Å². The molecule has 168 valence electrons. The first-order chi connectivity index (χ1) is 15.3. The lowest BCUT2D eigenvalue weighted by molar-refractivity contribution is 0.0693. The molecule has 0 unspecified atom stereocenters. The van der Waals surface area contributed by atoms with E-state index < -0.39 is 15.8 Å². The van der Waals surface area contributed by atoms with Crippen molar-refractivity contribution >= 4 is 15.8 Å². The van der Waals surface area contributed by atoms with Crippen LogP contribution in [-0.2, 0) is 21.0 Å². The first-order valence-electron chi connectivity index (χ1n) is 9.96. The van der Waals surface area contributed by atoms with Crippen LogP contribution in [0.15, 0.2) is 76.3 Å². The molecule has 2 bridgehead atoms. The monoisotopic (exact) mass is 456 g/mol. The summed E-state index contributed by atoms with van der Waals surface area (Å²) in [6.07, 6.45) is 6.24. The Morgan fingerprint density at radius 2 is 1.72 bits per heavy atom. The molecule has 0 fully saturated rings. The average Bonchev–Trinajstić information content (AvgIpc) is 3.21. The molecule has 0 aromatic heterocycles. The smallest absolute Gasteiger partial charge is 0.339 e. The summed E-state index contributed by atoms with van der Waals surface area (Å²) in [4.78, 5) is 11.6. The largest absolute Gasteiger partial charge is 0.507 e. The number of allylic oxidation sites excluding steroid dienone is 3. The van der Waals surface area contributed by atoms with E-state index >= 15 is 0 Å². The van der Waals surface area contributed by atoms with Crippen molar-refractivity contribution in [1.29, 1.82) is 0 Å².